The van der Waals surface area contributed by atoms with Gasteiger partial charge in [-0.05, 0) is 24.6 Å². The van der Waals surface area contributed by atoms with E-state index in [-0.39, 0.29) is 29.9 Å². The van der Waals surface area contributed by atoms with E-state index in [0.29, 0.717) is 29.1 Å². The molecule has 1 atom stereocenters. The molecule has 27 heavy (non-hydrogen) atoms. The molecule has 11 heteroatoms. The van der Waals surface area contributed by atoms with Gasteiger partial charge in [0, 0.05) is 12.7 Å². The number of carboxylic acids is 1. The molecule has 0 saturated heterocycles. The molecule has 0 aliphatic heterocycles. The minimum absolute atomic E-state index is 0.0791. The number of aliphatic hydroxyl groups is 1. The van der Waals surface area contributed by atoms with Crippen molar-refractivity contribution in [2.24, 2.45) is 7.05 Å². The molecule has 1 unspecified atom stereocenters. The van der Waals surface area contributed by atoms with E-state index in [1.807, 2.05) is 6.92 Å². The number of aromatic nitrogens is 5. The molecule has 0 radical (unpaired) electrons. The summed E-state index contributed by atoms with van der Waals surface area (Å²) in [7, 11) is 1.68. The number of aryl methyl sites for hydroxylation is 1. The average molecular weight is 373 g/mol. The lowest BCUT2D eigenvalue weighted by molar-refractivity contribution is 0.0694. The number of anilines is 3. The Morgan fingerprint density at radius 2 is 2.11 bits per heavy atom. The predicted molar refractivity (Wildman–Crippen MR) is 97.2 cm³/mol. The van der Waals surface area contributed by atoms with Gasteiger partial charge in [0.1, 0.15) is 11.3 Å². The van der Waals surface area contributed by atoms with Crippen LogP contribution in [0.1, 0.15) is 23.7 Å². The molecular weight excluding hydrogens is 354 g/mol. The summed E-state index contributed by atoms with van der Waals surface area (Å²) in [5.41, 5.74) is 1.01. The number of nitrogens with zero attached hydrogens (tertiary/aromatic N) is 5. The molecule has 142 valence electrons. The van der Waals surface area contributed by atoms with Crippen LogP contribution in [0.2, 0.25) is 0 Å². The third kappa shape index (κ3) is 3.72. The number of aliphatic hydroxyl groups excluding tert-OH is 1. The van der Waals surface area contributed by atoms with Gasteiger partial charge in [-0.1, -0.05) is 12.1 Å². The number of rotatable bonds is 7. The van der Waals surface area contributed by atoms with Crippen molar-refractivity contribution < 1.29 is 20.1 Å². The highest BCUT2D eigenvalue weighted by Gasteiger charge is 2.17. The number of phenols is 1. The van der Waals surface area contributed by atoms with E-state index in [2.05, 4.69) is 30.9 Å². The molecule has 0 aliphatic rings. The molecular formula is C16H19N7O4. The second-order valence-electron chi connectivity index (χ2n) is 5.88. The van der Waals surface area contributed by atoms with Crippen LogP contribution in [0.25, 0.3) is 11.2 Å². The van der Waals surface area contributed by atoms with Crippen LogP contribution in [0.4, 0.5) is 17.5 Å². The van der Waals surface area contributed by atoms with E-state index in [4.69, 9.17) is 5.11 Å². The van der Waals surface area contributed by atoms with Gasteiger partial charge in [-0.25, -0.2) is 9.48 Å². The number of aromatic hydroxyl groups is 1. The first-order valence-electron chi connectivity index (χ1n) is 8.21. The first-order chi connectivity index (χ1) is 12.9. The van der Waals surface area contributed by atoms with E-state index in [1.165, 1.54) is 22.9 Å². The van der Waals surface area contributed by atoms with Crippen molar-refractivity contribution in [1.82, 2.24) is 25.0 Å². The lowest BCUT2D eigenvalue weighted by Crippen LogP contribution is -2.24. The quantitative estimate of drug-likeness (QED) is 0.379. The van der Waals surface area contributed by atoms with Crippen molar-refractivity contribution >= 4 is 34.6 Å². The molecule has 0 amide bonds. The number of carbonyl (C=O) groups is 1. The van der Waals surface area contributed by atoms with Crippen molar-refractivity contribution in [1.29, 1.82) is 0 Å². The fourth-order valence-corrected chi connectivity index (χ4v) is 2.45. The zero-order chi connectivity index (χ0) is 19.6. The molecule has 3 aromatic rings. The van der Waals surface area contributed by atoms with Gasteiger partial charge in [-0.15, -0.1) is 5.10 Å². The van der Waals surface area contributed by atoms with Crippen LogP contribution < -0.4 is 10.6 Å². The maximum Gasteiger partial charge on any atom is 0.339 e. The highest BCUT2D eigenvalue weighted by molar-refractivity contribution is 5.93. The van der Waals surface area contributed by atoms with Crippen molar-refractivity contribution in [2.75, 3.05) is 17.2 Å². The molecule has 0 spiro atoms. The highest BCUT2D eigenvalue weighted by atomic mass is 16.4. The van der Waals surface area contributed by atoms with Gasteiger partial charge in [-0.2, -0.15) is 9.97 Å². The SMILES string of the molecule is CCC(CO)Nc1nc(Nc2ccc(O)c(C(=O)O)c2)c2nnn(C)c2n1. The van der Waals surface area contributed by atoms with Gasteiger partial charge in [0.25, 0.3) is 0 Å². The first-order valence-corrected chi connectivity index (χ1v) is 8.21. The second kappa shape index (κ2) is 7.41. The summed E-state index contributed by atoms with van der Waals surface area (Å²) in [6, 6.07) is 3.86. The Kier molecular flexibility index (Phi) is 5.03. The zero-order valence-corrected chi connectivity index (χ0v) is 14.7. The Labute approximate surface area is 153 Å². The minimum atomic E-state index is -1.25. The highest BCUT2D eigenvalue weighted by Crippen LogP contribution is 2.27. The Bertz CT molecular complexity index is 984. The largest absolute Gasteiger partial charge is 0.507 e. The molecule has 1 aromatic carbocycles. The monoisotopic (exact) mass is 373 g/mol. The number of carboxylic acid groups (broad SMARTS) is 1. The van der Waals surface area contributed by atoms with Crippen molar-refractivity contribution in [3.05, 3.63) is 23.8 Å². The molecule has 3 rings (SSSR count). The van der Waals surface area contributed by atoms with Crippen LogP contribution in [0.15, 0.2) is 18.2 Å². The Morgan fingerprint density at radius 3 is 2.78 bits per heavy atom. The topological polar surface area (TPSA) is 158 Å². The number of nitrogens with one attached hydrogen (secondary N) is 2. The normalized spacial score (nSPS) is 12.1. The van der Waals surface area contributed by atoms with E-state index in [9.17, 15) is 15.0 Å². The summed E-state index contributed by atoms with van der Waals surface area (Å²) in [5, 5.41) is 42.2. The van der Waals surface area contributed by atoms with E-state index in [1.54, 1.807) is 7.05 Å². The smallest absolute Gasteiger partial charge is 0.339 e. The summed E-state index contributed by atoms with van der Waals surface area (Å²) in [5.74, 6) is -1.00. The molecule has 2 heterocycles. The molecule has 0 bridgehead atoms. The van der Waals surface area contributed by atoms with Crippen LogP contribution in [-0.2, 0) is 7.05 Å². The van der Waals surface area contributed by atoms with Crippen LogP contribution in [0.3, 0.4) is 0 Å². The lowest BCUT2D eigenvalue weighted by Gasteiger charge is -2.15. The summed E-state index contributed by atoms with van der Waals surface area (Å²) in [6.07, 6.45) is 0.671. The predicted octanol–water partition coefficient (Wildman–Crippen LogP) is 1.09. The summed E-state index contributed by atoms with van der Waals surface area (Å²) >= 11 is 0. The average Bonchev–Trinajstić information content (AvgIpc) is 3.02. The van der Waals surface area contributed by atoms with Gasteiger partial charge in [0.05, 0.1) is 12.6 Å². The summed E-state index contributed by atoms with van der Waals surface area (Å²) < 4.78 is 1.48. The van der Waals surface area contributed by atoms with Gasteiger partial charge in [0.2, 0.25) is 5.95 Å². The number of benzene rings is 1. The van der Waals surface area contributed by atoms with Crippen LogP contribution in [0.5, 0.6) is 5.75 Å². The van der Waals surface area contributed by atoms with Crippen LogP contribution in [0, 0.1) is 0 Å². The number of hydrogen-bond donors (Lipinski definition) is 5. The third-order valence-corrected chi connectivity index (χ3v) is 3.99. The van der Waals surface area contributed by atoms with Crippen molar-refractivity contribution in [3.63, 3.8) is 0 Å². The Morgan fingerprint density at radius 1 is 1.33 bits per heavy atom. The maximum atomic E-state index is 11.2. The molecule has 0 fully saturated rings. The van der Waals surface area contributed by atoms with Crippen molar-refractivity contribution in [2.45, 2.75) is 19.4 Å². The van der Waals surface area contributed by atoms with Gasteiger partial charge in [0.15, 0.2) is 17.0 Å². The fraction of sp³-hybridized carbons (Fsp3) is 0.312. The summed E-state index contributed by atoms with van der Waals surface area (Å²) in [4.78, 5) is 19.9. The first kappa shape index (κ1) is 18.3. The standard InChI is InChI=1S/C16H19N7O4/c1-3-8(7-24)18-16-19-13(12-14(20-16)23(2)22-21-12)17-9-4-5-11(25)10(6-9)15(26)27/h4-6,8,24-25H,3,7H2,1-2H3,(H,26,27)(H2,17,18,19,20). The van der Waals surface area contributed by atoms with Gasteiger partial charge < -0.3 is 26.0 Å². The van der Waals surface area contributed by atoms with E-state index >= 15 is 0 Å². The third-order valence-electron chi connectivity index (χ3n) is 3.99. The van der Waals surface area contributed by atoms with Gasteiger partial charge >= 0.3 is 5.97 Å². The second-order valence-corrected chi connectivity index (χ2v) is 5.88. The molecule has 0 aliphatic carbocycles. The Hall–Kier alpha value is -3.47. The summed E-state index contributed by atoms with van der Waals surface area (Å²) in [6.45, 7) is 1.84. The maximum absolute atomic E-state index is 11.2. The molecule has 2 aromatic heterocycles. The molecule has 11 nitrogen and oxygen atoms in total. The Balaban J connectivity index is 2.02. The zero-order valence-electron chi connectivity index (χ0n) is 14.7. The van der Waals surface area contributed by atoms with Crippen molar-refractivity contribution in [3.8, 4) is 5.75 Å². The van der Waals surface area contributed by atoms with Crippen LogP contribution in [-0.4, -0.2) is 58.9 Å². The van der Waals surface area contributed by atoms with Gasteiger partial charge in [-0.3, -0.25) is 0 Å². The van der Waals surface area contributed by atoms with E-state index in [0.717, 1.165) is 0 Å². The molecule has 5 N–H and O–H groups in total. The fourth-order valence-electron chi connectivity index (χ4n) is 2.45. The lowest BCUT2D eigenvalue weighted by atomic mass is 10.2. The number of hydrogen-bond acceptors (Lipinski definition) is 9. The van der Waals surface area contributed by atoms with E-state index < -0.39 is 5.97 Å². The number of aromatic carboxylic acids is 1. The number of fused-ring (bicyclic) bond motifs is 1. The molecule has 0 saturated carbocycles. The minimum Gasteiger partial charge on any atom is -0.507 e. The van der Waals surface area contributed by atoms with Crippen LogP contribution >= 0.6 is 0 Å².